The van der Waals surface area contributed by atoms with Crippen LogP contribution in [0.15, 0.2) is 18.2 Å². The first-order valence-corrected chi connectivity index (χ1v) is 11.0. The lowest BCUT2D eigenvalue weighted by Crippen LogP contribution is -2.54. The third kappa shape index (κ3) is 4.00. The molecule has 1 aromatic rings. The largest absolute Gasteiger partial charge is 0.493 e. The summed E-state index contributed by atoms with van der Waals surface area (Å²) in [7, 11) is 1.64. The number of carbonyl (C=O) groups is 2. The number of benzene rings is 1. The molecule has 3 heterocycles. The van der Waals surface area contributed by atoms with Crippen molar-refractivity contribution in [2.45, 2.75) is 77.2 Å². The molecule has 2 saturated heterocycles. The molecule has 1 amide bonds. The summed E-state index contributed by atoms with van der Waals surface area (Å²) in [4.78, 5) is 26.2. The van der Waals surface area contributed by atoms with E-state index in [4.69, 9.17) is 19.3 Å². The average molecular weight is 432 g/mol. The molecule has 7 heteroatoms. The summed E-state index contributed by atoms with van der Waals surface area (Å²) >= 11 is 0. The lowest BCUT2D eigenvalue weighted by molar-refractivity contribution is -0.168. The molecule has 3 aliphatic rings. The summed E-state index contributed by atoms with van der Waals surface area (Å²) in [5, 5.41) is 9.15. The Morgan fingerprint density at radius 2 is 2.03 bits per heavy atom. The maximum atomic E-state index is 13.1. The Labute approximate surface area is 183 Å². The minimum Gasteiger partial charge on any atom is -0.493 e. The highest BCUT2D eigenvalue weighted by Gasteiger charge is 2.54. The number of likely N-dealkylation sites (tertiary alicyclic amines) is 1. The van der Waals surface area contributed by atoms with Gasteiger partial charge in [0.1, 0.15) is 5.60 Å². The number of fused-ring (bicyclic) bond motifs is 4. The number of methoxy groups -OCH3 is 1. The van der Waals surface area contributed by atoms with Gasteiger partial charge in [-0.05, 0) is 38.2 Å². The molecule has 3 aliphatic heterocycles. The molecule has 0 unspecified atom stereocenters. The maximum Gasteiger partial charge on any atom is 0.303 e. The lowest BCUT2D eigenvalue weighted by atomic mass is 9.73. The van der Waals surface area contributed by atoms with Gasteiger partial charge in [-0.2, -0.15) is 0 Å². The molecule has 31 heavy (non-hydrogen) atoms. The smallest absolute Gasteiger partial charge is 0.303 e. The zero-order valence-corrected chi connectivity index (χ0v) is 19.0. The predicted molar refractivity (Wildman–Crippen MR) is 114 cm³/mol. The Morgan fingerprint density at radius 3 is 2.71 bits per heavy atom. The van der Waals surface area contributed by atoms with E-state index in [2.05, 4.69) is 13.8 Å². The Morgan fingerprint density at radius 1 is 1.29 bits per heavy atom. The highest BCUT2D eigenvalue weighted by molar-refractivity contribution is 5.79. The minimum absolute atomic E-state index is 0.00980. The number of para-hydroxylation sites is 1. The SMILES string of the molecule is COc1cccc2c1OC(C)(C)[C@H]1C[C@@H]3[C@H](CCN3C(=O)CC(C)(C)CC(=O)O)O[C@H]21. The number of ether oxygens (including phenoxy) is 3. The zero-order chi connectivity index (χ0) is 22.6. The number of hydrogen-bond acceptors (Lipinski definition) is 5. The second-order valence-electron chi connectivity index (χ2n) is 10.4. The average Bonchev–Trinajstić information content (AvgIpc) is 3.08. The summed E-state index contributed by atoms with van der Waals surface area (Å²) in [5.74, 6) is 0.678. The van der Waals surface area contributed by atoms with Gasteiger partial charge >= 0.3 is 5.97 Å². The Hall–Kier alpha value is -2.28. The molecular weight excluding hydrogens is 398 g/mol. The molecule has 0 radical (unpaired) electrons. The third-order valence-electron chi connectivity index (χ3n) is 7.04. The second kappa shape index (κ2) is 7.69. The number of amides is 1. The number of hydrogen-bond donors (Lipinski definition) is 1. The van der Waals surface area contributed by atoms with Crippen LogP contribution in [0.2, 0.25) is 0 Å². The van der Waals surface area contributed by atoms with Crippen molar-refractivity contribution in [1.29, 1.82) is 0 Å². The molecule has 0 saturated carbocycles. The van der Waals surface area contributed by atoms with Crippen LogP contribution in [0.3, 0.4) is 0 Å². The van der Waals surface area contributed by atoms with Gasteiger partial charge in [-0.1, -0.05) is 26.0 Å². The van der Waals surface area contributed by atoms with E-state index in [1.54, 1.807) is 7.11 Å². The van der Waals surface area contributed by atoms with Crippen LogP contribution in [0.25, 0.3) is 0 Å². The van der Waals surface area contributed by atoms with E-state index in [0.717, 1.165) is 24.2 Å². The summed E-state index contributed by atoms with van der Waals surface area (Å²) in [5.41, 5.74) is -0.0478. The predicted octanol–water partition coefficient (Wildman–Crippen LogP) is 3.80. The summed E-state index contributed by atoms with van der Waals surface area (Å²) < 4.78 is 18.6. The van der Waals surface area contributed by atoms with Crippen molar-refractivity contribution in [3.63, 3.8) is 0 Å². The van der Waals surface area contributed by atoms with Gasteiger partial charge in [-0.15, -0.1) is 0 Å². The molecule has 2 fully saturated rings. The standard InChI is InChI=1S/C24H33NO6/c1-23(2,13-20(27)28)12-19(26)25-10-9-17-16(25)11-15-21(30-17)14-7-6-8-18(29-5)22(14)31-24(15,3)4/h6-8,15-17,21H,9-13H2,1-5H3,(H,27,28)/t15-,16+,17-,21+/m0/s1. The van der Waals surface area contributed by atoms with Crippen molar-refractivity contribution in [2.75, 3.05) is 13.7 Å². The monoisotopic (exact) mass is 431 g/mol. The minimum atomic E-state index is -0.879. The van der Waals surface area contributed by atoms with Crippen LogP contribution in [-0.4, -0.2) is 53.3 Å². The number of carbonyl (C=O) groups excluding carboxylic acids is 1. The van der Waals surface area contributed by atoms with Gasteiger partial charge in [-0.3, -0.25) is 9.59 Å². The van der Waals surface area contributed by atoms with E-state index >= 15 is 0 Å². The molecule has 1 N–H and O–H groups in total. The van der Waals surface area contributed by atoms with Crippen molar-refractivity contribution >= 4 is 11.9 Å². The van der Waals surface area contributed by atoms with Crippen LogP contribution in [0.4, 0.5) is 0 Å². The van der Waals surface area contributed by atoms with E-state index in [-0.39, 0.29) is 42.9 Å². The highest BCUT2D eigenvalue weighted by Crippen LogP contribution is 2.54. The molecular formula is C24H33NO6. The van der Waals surface area contributed by atoms with E-state index in [0.29, 0.717) is 12.3 Å². The molecule has 4 rings (SSSR count). The number of carboxylic acid groups (broad SMARTS) is 1. The van der Waals surface area contributed by atoms with Crippen molar-refractivity contribution in [1.82, 2.24) is 4.90 Å². The van der Waals surface area contributed by atoms with E-state index in [1.165, 1.54) is 0 Å². The number of nitrogens with zero attached hydrogens (tertiary/aromatic N) is 1. The summed E-state index contributed by atoms with van der Waals surface area (Å²) in [6, 6.07) is 5.89. The van der Waals surface area contributed by atoms with Crippen LogP contribution in [-0.2, 0) is 14.3 Å². The van der Waals surface area contributed by atoms with Crippen molar-refractivity contribution in [3.8, 4) is 11.5 Å². The molecule has 4 atom stereocenters. The molecule has 0 aliphatic carbocycles. The van der Waals surface area contributed by atoms with Gasteiger partial charge in [0.2, 0.25) is 5.91 Å². The summed E-state index contributed by atoms with van der Waals surface area (Å²) in [6.45, 7) is 8.45. The zero-order valence-electron chi connectivity index (χ0n) is 19.0. The van der Waals surface area contributed by atoms with Crippen LogP contribution >= 0.6 is 0 Å². The topological polar surface area (TPSA) is 85.3 Å². The maximum absolute atomic E-state index is 13.1. The Kier molecular flexibility index (Phi) is 5.44. The normalized spacial score (nSPS) is 28.7. The molecule has 170 valence electrons. The van der Waals surface area contributed by atoms with E-state index < -0.39 is 17.0 Å². The van der Waals surface area contributed by atoms with Crippen LogP contribution in [0.5, 0.6) is 11.5 Å². The van der Waals surface area contributed by atoms with E-state index in [1.807, 2.05) is 36.9 Å². The van der Waals surface area contributed by atoms with Crippen molar-refractivity contribution in [2.24, 2.45) is 11.3 Å². The Balaban J connectivity index is 1.56. The van der Waals surface area contributed by atoms with Gasteiger partial charge < -0.3 is 24.2 Å². The van der Waals surface area contributed by atoms with Crippen molar-refractivity contribution < 1.29 is 28.9 Å². The Bertz CT molecular complexity index is 879. The fourth-order valence-electron chi connectivity index (χ4n) is 5.53. The van der Waals surface area contributed by atoms with Gasteiger partial charge in [0.15, 0.2) is 11.5 Å². The second-order valence-corrected chi connectivity index (χ2v) is 10.4. The number of rotatable bonds is 5. The molecule has 1 aromatic carbocycles. The van der Waals surface area contributed by atoms with E-state index in [9.17, 15) is 9.59 Å². The van der Waals surface area contributed by atoms with Crippen LogP contribution in [0, 0.1) is 11.3 Å². The fourth-order valence-corrected chi connectivity index (χ4v) is 5.53. The number of carboxylic acids is 1. The molecule has 0 spiro atoms. The third-order valence-corrected chi connectivity index (χ3v) is 7.04. The van der Waals surface area contributed by atoms with Gasteiger partial charge in [0.05, 0.1) is 31.8 Å². The fraction of sp³-hybridized carbons (Fsp3) is 0.667. The van der Waals surface area contributed by atoms with Crippen LogP contribution in [0.1, 0.15) is 65.0 Å². The molecule has 7 nitrogen and oxygen atoms in total. The number of aliphatic carboxylic acids is 1. The highest BCUT2D eigenvalue weighted by atomic mass is 16.5. The van der Waals surface area contributed by atoms with Crippen molar-refractivity contribution in [3.05, 3.63) is 23.8 Å². The quantitative estimate of drug-likeness (QED) is 0.763. The van der Waals surface area contributed by atoms with Gasteiger partial charge in [0, 0.05) is 24.4 Å². The van der Waals surface area contributed by atoms with Gasteiger partial charge in [0.25, 0.3) is 0 Å². The van der Waals surface area contributed by atoms with Gasteiger partial charge in [-0.25, -0.2) is 0 Å². The molecule has 0 bridgehead atoms. The molecule has 0 aromatic heterocycles. The lowest BCUT2D eigenvalue weighted by Gasteiger charge is -2.51. The first-order valence-electron chi connectivity index (χ1n) is 11.0. The summed E-state index contributed by atoms with van der Waals surface area (Å²) in [6.07, 6.45) is 1.65. The first-order chi connectivity index (χ1) is 14.5. The first kappa shape index (κ1) is 21.9. The van der Waals surface area contributed by atoms with Crippen LogP contribution < -0.4 is 9.47 Å².